The predicted molar refractivity (Wildman–Crippen MR) is 85.0 cm³/mol. The van der Waals surface area contributed by atoms with E-state index < -0.39 is 0 Å². The second kappa shape index (κ2) is 7.87. The number of hydrogen-bond donors (Lipinski definition) is 0. The average Bonchev–Trinajstić information content (AvgIpc) is 2.53. The molecule has 0 unspecified atom stereocenters. The van der Waals surface area contributed by atoms with Gasteiger partial charge >= 0.3 is 6.09 Å². The molecular weight excluding hydrogens is 262 g/mol. The third-order valence-electron chi connectivity index (χ3n) is 4.10. The van der Waals surface area contributed by atoms with E-state index in [4.69, 9.17) is 4.74 Å². The van der Waals surface area contributed by atoms with Gasteiger partial charge in [-0.3, -0.25) is 4.90 Å². The Balaban J connectivity index is 2.00. The van der Waals surface area contributed by atoms with Crippen molar-refractivity contribution in [1.82, 2.24) is 4.90 Å². The van der Waals surface area contributed by atoms with Gasteiger partial charge in [0.1, 0.15) is 6.61 Å². The maximum absolute atomic E-state index is 12.5. The van der Waals surface area contributed by atoms with E-state index >= 15 is 0 Å². The number of benzene rings is 1. The molecule has 21 heavy (non-hydrogen) atoms. The molecule has 3 nitrogen and oxygen atoms in total. The predicted octanol–water partition coefficient (Wildman–Crippen LogP) is 4.53. The molecule has 0 N–H and O–H groups in total. The summed E-state index contributed by atoms with van der Waals surface area (Å²) in [6, 6.07) is 10.2. The van der Waals surface area contributed by atoms with Crippen LogP contribution in [0.15, 0.2) is 43.0 Å². The van der Waals surface area contributed by atoms with Crippen molar-refractivity contribution in [1.29, 1.82) is 0 Å². The van der Waals surface area contributed by atoms with Crippen LogP contribution in [0.4, 0.5) is 4.79 Å². The van der Waals surface area contributed by atoms with Crippen LogP contribution < -0.4 is 0 Å². The maximum atomic E-state index is 12.5. The van der Waals surface area contributed by atoms with Gasteiger partial charge in [0, 0.05) is 6.04 Å². The van der Waals surface area contributed by atoms with Crippen LogP contribution in [0, 0.1) is 0 Å². The highest BCUT2D eigenvalue weighted by Crippen LogP contribution is 2.27. The molecule has 2 rings (SSSR count). The Hall–Kier alpha value is -1.77. The van der Waals surface area contributed by atoms with Gasteiger partial charge in [-0.15, -0.1) is 6.58 Å². The lowest BCUT2D eigenvalue weighted by Gasteiger charge is -2.40. The summed E-state index contributed by atoms with van der Waals surface area (Å²) in [5.74, 6) is 0. The zero-order valence-corrected chi connectivity index (χ0v) is 12.8. The van der Waals surface area contributed by atoms with Crippen molar-refractivity contribution in [3.8, 4) is 0 Å². The van der Waals surface area contributed by atoms with Crippen LogP contribution in [0.2, 0.25) is 0 Å². The second-order valence-electron chi connectivity index (χ2n) is 5.62. The first kappa shape index (κ1) is 15.6. The van der Waals surface area contributed by atoms with Crippen molar-refractivity contribution >= 4 is 6.09 Å². The van der Waals surface area contributed by atoms with Gasteiger partial charge in [0.2, 0.25) is 0 Å². The Bertz CT molecular complexity index is 456. The molecule has 0 saturated carbocycles. The number of ether oxygens (including phenoxy) is 1. The molecule has 2 atom stereocenters. The minimum Gasteiger partial charge on any atom is -0.445 e. The number of nitrogens with zero attached hydrogens (tertiary/aromatic N) is 1. The number of hydrogen-bond acceptors (Lipinski definition) is 2. The van der Waals surface area contributed by atoms with Crippen LogP contribution >= 0.6 is 0 Å². The maximum Gasteiger partial charge on any atom is 0.410 e. The fraction of sp³-hybridized carbons (Fsp3) is 0.500. The largest absolute Gasteiger partial charge is 0.445 e. The van der Waals surface area contributed by atoms with E-state index in [2.05, 4.69) is 13.5 Å². The fourth-order valence-electron chi connectivity index (χ4n) is 3.04. The van der Waals surface area contributed by atoms with Crippen molar-refractivity contribution in [3.63, 3.8) is 0 Å². The first-order valence-electron chi connectivity index (χ1n) is 7.87. The summed E-state index contributed by atoms with van der Waals surface area (Å²) in [4.78, 5) is 14.4. The van der Waals surface area contributed by atoms with E-state index in [-0.39, 0.29) is 18.2 Å². The van der Waals surface area contributed by atoms with Crippen LogP contribution in [-0.2, 0) is 11.3 Å². The highest BCUT2D eigenvalue weighted by atomic mass is 16.6. The van der Waals surface area contributed by atoms with Gasteiger partial charge in [-0.1, -0.05) is 49.8 Å². The highest BCUT2D eigenvalue weighted by molar-refractivity contribution is 5.69. The molecule has 0 radical (unpaired) electrons. The van der Waals surface area contributed by atoms with Crippen molar-refractivity contribution in [2.24, 2.45) is 0 Å². The van der Waals surface area contributed by atoms with Crippen molar-refractivity contribution in [3.05, 3.63) is 48.6 Å². The quantitative estimate of drug-likeness (QED) is 0.744. The Morgan fingerprint density at radius 3 is 2.81 bits per heavy atom. The topological polar surface area (TPSA) is 29.5 Å². The molecule has 1 aliphatic rings. The van der Waals surface area contributed by atoms with Gasteiger partial charge in [0.05, 0.1) is 6.04 Å². The number of carbonyl (C=O) groups is 1. The number of amides is 1. The molecule has 0 aromatic heterocycles. The highest BCUT2D eigenvalue weighted by Gasteiger charge is 2.33. The van der Waals surface area contributed by atoms with E-state index in [1.54, 1.807) is 0 Å². The second-order valence-corrected chi connectivity index (χ2v) is 5.62. The summed E-state index contributed by atoms with van der Waals surface area (Å²) in [6.45, 7) is 6.37. The minimum absolute atomic E-state index is 0.110. The first-order valence-corrected chi connectivity index (χ1v) is 7.87. The average molecular weight is 287 g/mol. The summed E-state index contributed by atoms with van der Waals surface area (Å²) in [7, 11) is 0. The third-order valence-corrected chi connectivity index (χ3v) is 4.10. The number of rotatable bonds is 5. The lowest BCUT2D eigenvalue weighted by Crippen LogP contribution is -2.49. The first-order chi connectivity index (χ1) is 10.3. The Morgan fingerprint density at radius 1 is 1.38 bits per heavy atom. The van der Waals surface area contributed by atoms with E-state index in [0.29, 0.717) is 6.61 Å². The van der Waals surface area contributed by atoms with Crippen molar-refractivity contribution in [2.45, 2.75) is 57.7 Å². The molecule has 0 aliphatic carbocycles. The Morgan fingerprint density at radius 2 is 2.14 bits per heavy atom. The van der Waals surface area contributed by atoms with Gasteiger partial charge in [0.15, 0.2) is 0 Å². The Labute approximate surface area is 127 Å². The van der Waals surface area contributed by atoms with Crippen LogP contribution in [0.1, 0.15) is 44.6 Å². The van der Waals surface area contributed by atoms with E-state index in [0.717, 1.165) is 37.7 Å². The molecule has 1 aromatic rings. The Kier molecular flexibility index (Phi) is 5.85. The van der Waals surface area contributed by atoms with Crippen LogP contribution in [-0.4, -0.2) is 23.1 Å². The number of carbonyl (C=O) groups excluding carboxylic acids is 1. The van der Waals surface area contributed by atoms with E-state index in [9.17, 15) is 4.79 Å². The summed E-state index contributed by atoms with van der Waals surface area (Å²) < 4.78 is 5.52. The van der Waals surface area contributed by atoms with Gasteiger partial charge in [-0.2, -0.15) is 0 Å². The van der Waals surface area contributed by atoms with Gasteiger partial charge in [-0.05, 0) is 31.2 Å². The lowest BCUT2D eigenvalue weighted by molar-refractivity contribution is 0.0504. The van der Waals surface area contributed by atoms with Gasteiger partial charge < -0.3 is 4.74 Å². The van der Waals surface area contributed by atoms with Gasteiger partial charge in [0.25, 0.3) is 0 Å². The fourth-order valence-corrected chi connectivity index (χ4v) is 3.04. The summed E-state index contributed by atoms with van der Waals surface area (Å²) in [5.41, 5.74) is 1.02. The number of piperidine rings is 1. The van der Waals surface area contributed by atoms with E-state index in [1.165, 1.54) is 0 Å². The molecule has 0 bridgehead atoms. The smallest absolute Gasteiger partial charge is 0.410 e. The molecule has 1 aromatic carbocycles. The van der Waals surface area contributed by atoms with Crippen molar-refractivity contribution in [2.75, 3.05) is 0 Å². The molecule has 1 aliphatic heterocycles. The standard InChI is InChI=1S/C18H25NO2/c1-3-9-17-13-8-12-16(4-2)19(17)18(20)21-14-15-10-6-5-7-11-15/h4-7,10-11,16-17H,2-3,8-9,12-14H2,1H3/t16-,17+/m0/s1. The lowest BCUT2D eigenvalue weighted by atomic mass is 9.93. The molecule has 1 fully saturated rings. The van der Waals surface area contributed by atoms with Crippen LogP contribution in [0.5, 0.6) is 0 Å². The minimum atomic E-state index is -0.207. The molecule has 0 spiro atoms. The summed E-state index contributed by atoms with van der Waals surface area (Å²) in [5, 5.41) is 0. The zero-order valence-electron chi connectivity index (χ0n) is 12.8. The summed E-state index contributed by atoms with van der Waals surface area (Å²) >= 11 is 0. The SMILES string of the molecule is C=C[C@H]1CCC[C@@H](CCC)N1C(=O)OCc1ccccc1. The third kappa shape index (κ3) is 4.10. The van der Waals surface area contributed by atoms with Gasteiger partial charge in [-0.25, -0.2) is 4.79 Å². The van der Waals surface area contributed by atoms with Crippen LogP contribution in [0.25, 0.3) is 0 Å². The molecular formula is C18H25NO2. The normalized spacial score (nSPS) is 21.9. The monoisotopic (exact) mass is 287 g/mol. The number of likely N-dealkylation sites (tertiary alicyclic amines) is 1. The summed E-state index contributed by atoms with van der Waals surface area (Å²) in [6.07, 6.45) is 7.00. The molecule has 3 heteroatoms. The molecule has 1 saturated heterocycles. The zero-order chi connectivity index (χ0) is 15.1. The molecule has 114 valence electrons. The molecule has 1 heterocycles. The van der Waals surface area contributed by atoms with Crippen molar-refractivity contribution < 1.29 is 9.53 Å². The van der Waals surface area contributed by atoms with Crippen LogP contribution in [0.3, 0.4) is 0 Å². The van der Waals surface area contributed by atoms with E-state index in [1.807, 2.05) is 41.3 Å². The molecule has 1 amide bonds.